The highest BCUT2D eigenvalue weighted by molar-refractivity contribution is 5.74. The first-order chi connectivity index (χ1) is 32.5. The van der Waals surface area contributed by atoms with Gasteiger partial charge in [-0.2, -0.15) is 0 Å². The van der Waals surface area contributed by atoms with E-state index in [1.807, 2.05) is 4.90 Å². The van der Waals surface area contributed by atoms with Gasteiger partial charge < -0.3 is 20.2 Å². The van der Waals surface area contributed by atoms with Gasteiger partial charge in [0, 0.05) is 58.9 Å². The Morgan fingerprint density at radius 3 is 1.21 bits per heavy atom. The summed E-state index contributed by atoms with van der Waals surface area (Å²) in [5.41, 5.74) is 5.03. The standard InChI is InChI=1S/C57H96N4O6/c1-6-10-14-16-18-22-26-52(55(62)63)59-40-38-58(37-36-49-30-34-51(35-31-49)50-32-28-48(29-33-50)25-21-13-9-4)39-41-61(54(57(66)67)46-47(5)24-20-12-8-3)45-44-60(43-42-59)53(56(64)65)27-23-19-17-15-11-7-2/h28-35,47,52-54H,6-27,36-46H2,1-5H3,(H,62,63)(H,64,65)(H,66,67). The van der Waals surface area contributed by atoms with E-state index < -0.39 is 36.0 Å². The third-order valence-corrected chi connectivity index (χ3v) is 14.5. The van der Waals surface area contributed by atoms with Crippen LogP contribution in [0.2, 0.25) is 0 Å². The molecule has 1 fully saturated rings. The summed E-state index contributed by atoms with van der Waals surface area (Å²) in [4.78, 5) is 48.2. The number of aryl methyl sites for hydroxylation is 1. The van der Waals surface area contributed by atoms with Crippen molar-refractivity contribution in [2.45, 2.75) is 207 Å². The minimum absolute atomic E-state index is 0.251. The molecule has 1 aliphatic rings. The Morgan fingerprint density at radius 1 is 0.433 bits per heavy atom. The van der Waals surface area contributed by atoms with E-state index in [1.54, 1.807) is 0 Å². The second-order valence-corrected chi connectivity index (χ2v) is 20.1. The molecule has 2 aromatic carbocycles. The van der Waals surface area contributed by atoms with Crippen LogP contribution in [0.1, 0.15) is 187 Å². The van der Waals surface area contributed by atoms with Crippen LogP contribution in [0.4, 0.5) is 0 Å². The van der Waals surface area contributed by atoms with Gasteiger partial charge in [0.25, 0.3) is 0 Å². The molecule has 0 bridgehead atoms. The fourth-order valence-electron chi connectivity index (χ4n) is 10.1. The van der Waals surface area contributed by atoms with E-state index in [9.17, 15) is 29.7 Å². The number of aliphatic carboxylic acids is 3. The molecule has 4 unspecified atom stereocenters. The molecule has 0 aliphatic carbocycles. The molecule has 0 spiro atoms. The molecule has 0 aromatic heterocycles. The second kappa shape index (κ2) is 34.9. The fourth-order valence-corrected chi connectivity index (χ4v) is 10.1. The van der Waals surface area contributed by atoms with Gasteiger partial charge in [0.1, 0.15) is 18.1 Å². The smallest absolute Gasteiger partial charge is 0.320 e. The molecule has 67 heavy (non-hydrogen) atoms. The van der Waals surface area contributed by atoms with Crippen LogP contribution in [0.3, 0.4) is 0 Å². The number of benzene rings is 2. The summed E-state index contributed by atoms with van der Waals surface area (Å²) in [6.07, 6.45) is 24.5. The highest BCUT2D eigenvalue weighted by atomic mass is 16.4. The molecule has 380 valence electrons. The summed E-state index contributed by atoms with van der Waals surface area (Å²) < 4.78 is 0. The van der Waals surface area contributed by atoms with Gasteiger partial charge in [-0.3, -0.25) is 29.1 Å². The van der Waals surface area contributed by atoms with E-state index in [0.717, 1.165) is 96.4 Å². The van der Waals surface area contributed by atoms with Gasteiger partial charge >= 0.3 is 17.9 Å². The van der Waals surface area contributed by atoms with Gasteiger partial charge in [-0.15, -0.1) is 0 Å². The Labute approximate surface area is 408 Å². The normalized spacial score (nSPS) is 17.0. The van der Waals surface area contributed by atoms with Crippen LogP contribution >= 0.6 is 0 Å². The Kier molecular flexibility index (Phi) is 30.2. The van der Waals surface area contributed by atoms with Gasteiger partial charge in [-0.1, -0.05) is 199 Å². The van der Waals surface area contributed by atoms with Crippen molar-refractivity contribution in [3.8, 4) is 11.1 Å². The number of nitrogens with zero attached hydrogens (tertiary/aromatic N) is 4. The van der Waals surface area contributed by atoms with Crippen molar-refractivity contribution in [1.29, 1.82) is 0 Å². The Hall–Kier alpha value is -3.31. The summed E-state index contributed by atoms with van der Waals surface area (Å²) >= 11 is 0. The first-order valence-corrected chi connectivity index (χ1v) is 27.3. The third kappa shape index (κ3) is 23.2. The van der Waals surface area contributed by atoms with Crippen LogP contribution in [0.5, 0.6) is 0 Å². The summed E-state index contributed by atoms with van der Waals surface area (Å²) in [5.74, 6) is -2.23. The average Bonchev–Trinajstić information content (AvgIpc) is 3.31. The molecule has 1 saturated heterocycles. The molecule has 3 N–H and O–H groups in total. The second-order valence-electron chi connectivity index (χ2n) is 20.1. The van der Waals surface area contributed by atoms with Crippen LogP contribution in [-0.4, -0.2) is 130 Å². The van der Waals surface area contributed by atoms with Gasteiger partial charge in [0.15, 0.2) is 0 Å². The molecule has 1 heterocycles. The largest absolute Gasteiger partial charge is 0.480 e. The summed E-state index contributed by atoms with van der Waals surface area (Å²) in [6.45, 7) is 15.8. The maximum absolute atomic E-state index is 13.2. The highest BCUT2D eigenvalue weighted by Crippen LogP contribution is 2.24. The zero-order valence-corrected chi connectivity index (χ0v) is 43.1. The number of hydrogen-bond acceptors (Lipinski definition) is 7. The topological polar surface area (TPSA) is 125 Å². The van der Waals surface area contributed by atoms with E-state index in [4.69, 9.17) is 0 Å². The van der Waals surface area contributed by atoms with Crippen molar-refractivity contribution in [3.63, 3.8) is 0 Å². The van der Waals surface area contributed by atoms with E-state index in [0.29, 0.717) is 71.6 Å². The molecule has 0 radical (unpaired) electrons. The lowest BCUT2D eigenvalue weighted by Crippen LogP contribution is -2.55. The maximum atomic E-state index is 13.2. The highest BCUT2D eigenvalue weighted by Gasteiger charge is 2.33. The van der Waals surface area contributed by atoms with Crippen LogP contribution in [-0.2, 0) is 27.2 Å². The minimum Gasteiger partial charge on any atom is -0.480 e. The van der Waals surface area contributed by atoms with E-state index in [-0.39, 0.29) is 5.92 Å². The maximum Gasteiger partial charge on any atom is 0.320 e. The lowest BCUT2D eigenvalue weighted by Gasteiger charge is -2.39. The van der Waals surface area contributed by atoms with E-state index in [2.05, 4.69) is 97.8 Å². The fraction of sp³-hybridized carbons (Fsp3) is 0.737. The molecule has 1 aliphatic heterocycles. The average molecular weight is 933 g/mol. The molecule has 10 heteroatoms. The zero-order valence-electron chi connectivity index (χ0n) is 43.1. The number of rotatable bonds is 34. The van der Waals surface area contributed by atoms with Crippen molar-refractivity contribution < 1.29 is 29.7 Å². The van der Waals surface area contributed by atoms with Crippen LogP contribution in [0.15, 0.2) is 48.5 Å². The first-order valence-electron chi connectivity index (χ1n) is 27.3. The van der Waals surface area contributed by atoms with Gasteiger partial charge in [-0.05, 0) is 66.7 Å². The predicted octanol–water partition coefficient (Wildman–Crippen LogP) is 12.3. The van der Waals surface area contributed by atoms with Crippen LogP contribution in [0, 0.1) is 5.92 Å². The molecule has 0 saturated carbocycles. The Bertz CT molecular complexity index is 1600. The quantitative estimate of drug-likeness (QED) is 0.0584. The first kappa shape index (κ1) is 58.0. The molecular formula is C57H96N4O6. The molecule has 3 rings (SSSR count). The summed E-state index contributed by atoms with van der Waals surface area (Å²) in [6, 6.07) is 15.8. The summed E-state index contributed by atoms with van der Waals surface area (Å²) in [5, 5.41) is 32.3. The van der Waals surface area contributed by atoms with E-state index >= 15 is 0 Å². The van der Waals surface area contributed by atoms with Crippen molar-refractivity contribution >= 4 is 17.9 Å². The van der Waals surface area contributed by atoms with Crippen molar-refractivity contribution in [3.05, 3.63) is 59.7 Å². The monoisotopic (exact) mass is 933 g/mol. The molecule has 2 aromatic rings. The minimum atomic E-state index is -0.852. The zero-order chi connectivity index (χ0) is 48.7. The van der Waals surface area contributed by atoms with Gasteiger partial charge in [0.2, 0.25) is 0 Å². The SMILES string of the molecule is CCCCCCCCC(C(=O)O)N1CCN(CCc2ccc(-c3ccc(CCCCC)cc3)cc2)CCN(C(CC(C)CCCCC)C(=O)O)CCN(C(CCCCCCCC)C(=O)O)CC1. The van der Waals surface area contributed by atoms with Gasteiger partial charge in [-0.25, -0.2) is 0 Å². The number of hydrogen-bond donors (Lipinski definition) is 3. The lowest BCUT2D eigenvalue weighted by atomic mass is 9.94. The predicted molar refractivity (Wildman–Crippen MR) is 278 cm³/mol. The number of carboxylic acids is 3. The number of carbonyl (C=O) groups is 3. The van der Waals surface area contributed by atoms with Crippen molar-refractivity contribution in [1.82, 2.24) is 19.6 Å². The van der Waals surface area contributed by atoms with Crippen molar-refractivity contribution in [2.75, 3.05) is 58.9 Å². The molecule has 4 atom stereocenters. The van der Waals surface area contributed by atoms with Crippen LogP contribution < -0.4 is 0 Å². The lowest BCUT2D eigenvalue weighted by molar-refractivity contribution is -0.147. The van der Waals surface area contributed by atoms with Gasteiger partial charge in [0.05, 0.1) is 0 Å². The van der Waals surface area contributed by atoms with E-state index in [1.165, 1.54) is 67.2 Å². The molecular weight excluding hydrogens is 837 g/mol. The summed E-state index contributed by atoms with van der Waals surface area (Å²) in [7, 11) is 0. The molecule has 10 nitrogen and oxygen atoms in total. The van der Waals surface area contributed by atoms with Crippen LogP contribution in [0.25, 0.3) is 11.1 Å². The number of unbranched alkanes of at least 4 members (excludes halogenated alkanes) is 14. The van der Waals surface area contributed by atoms with Crippen molar-refractivity contribution in [2.24, 2.45) is 5.92 Å². The Balaban J connectivity index is 1.92. The Morgan fingerprint density at radius 2 is 0.776 bits per heavy atom. The third-order valence-electron chi connectivity index (χ3n) is 14.5. The number of carboxylic acid groups (broad SMARTS) is 3. The molecule has 0 amide bonds.